The minimum absolute atomic E-state index is 0.143. The van der Waals surface area contributed by atoms with E-state index < -0.39 is 24.1 Å². The van der Waals surface area contributed by atoms with Gasteiger partial charge in [-0.2, -0.15) is 0 Å². The van der Waals surface area contributed by atoms with Gasteiger partial charge in [0.25, 0.3) is 0 Å². The second-order valence-electron chi connectivity index (χ2n) is 6.93. The van der Waals surface area contributed by atoms with Gasteiger partial charge in [0.15, 0.2) is 0 Å². The van der Waals surface area contributed by atoms with E-state index in [9.17, 15) is 19.4 Å². The van der Waals surface area contributed by atoms with Crippen LogP contribution in [0, 0.1) is 11.7 Å². The highest BCUT2D eigenvalue weighted by atomic mass is 19.1. The highest BCUT2D eigenvalue weighted by Gasteiger charge is 2.44. The molecule has 1 aliphatic carbocycles. The zero-order chi connectivity index (χ0) is 18.7. The van der Waals surface area contributed by atoms with Gasteiger partial charge < -0.3 is 14.9 Å². The number of carbonyl (C=O) groups is 1. The van der Waals surface area contributed by atoms with E-state index in [1.165, 1.54) is 12.1 Å². The summed E-state index contributed by atoms with van der Waals surface area (Å²) < 4.78 is 18.7. The van der Waals surface area contributed by atoms with Gasteiger partial charge in [-0.05, 0) is 68.4 Å². The second-order valence-corrected chi connectivity index (χ2v) is 6.93. The van der Waals surface area contributed by atoms with Crippen molar-refractivity contribution in [1.29, 1.82) is 0 Å². The third kappa shape index (κ3) is 3.57. The first-order chi connectivity index (χ1) is 12.5. The van der Waals surface area contributed by atoms with E-state index in [4.69, 9.17) is 4.74 Å². The van der Waals surface area contributed by atoms with Crippen molar-refractivity contribution < 1.29 is 24.1 Å². The van der Waals surface area contributed by atoms with Gasteiger partial charge in [-0.3, -0.25) is 9.78 Å². The molecular formula is C20H24FNO4. The molecule has 140 valence electrons. The number of nitrogens with zero attached hydrogens (tertiary/aromatic N) is 1. The molecule has 5 nitrogen and oxygen atoms in total. The first-order valence-corrected chi connectivity index (χ1v) is 9.02. The smallest absolute Gasteiger partial charge is 0.314 e. The molecule has 1 unspecified atom stereocenters. The van der Waals surface area contributed by atoms with Crippen molar-refractivity contribution in [1.82, 2.24) is 4.98 Å². The van der Waals surface area contributed by atoms with Crippen molar-refractivity contribution in [2.45, 2.75) is 44.1 Å². The van der Waals surface area contributed by atoms with E-state index in [1.54, 1.807) is 19.2 Å². The third-order valence-electron chi connectivity index (χ3n) is 5.43. The van der Waals surface area contributed by atoms with Gasteiger partial charge in [0.05, 0.1) is 24.3 Å². The summed E-state index contributed by atoms with van der Waals surface area (Å²) in [5.74, 6) is -1.66. The molecule has 0 aliphatic heterocycles. The fourth-order valence-corrected chi connectivity index (χ4v) is 3.98. The Morgan fingerprint density at radius 3 is 2.77 bits per heavy atom. The lowest BCUT2D eigenvalue weighted by Gasteiger charge is -2.40. The van der Waals surface area contributed by atoms with E-state index >= 15 is 0 Å². The van der Waals surface area contributed by atoms with Crippen LogP contribution in [-0.4, -0.2) is 40.0 Å². The molecule has 1 fully saturated rings. The lowest BCUT2D eigenvalue weighted by atomic mass is 9.70. The van der Waals surface area contributed by atoms with E-state index in [0.29, 0.717) is 25.7 Å². The summed E-state index contributed by atoms with van der Waals surface area (Å²) in [6.07, 6.45) is 3.75. The Morgan fingerprint density at radius 1 is 1.38 bits per heavy atom. The monoisotopic (exact) mass is 361 g/mol. The maximum absolute atomic E-state index is 13.7. The molecule has 0 amide bonds. The molecule has 0 bridgehead atoms. The van der Waals surface area contributed by atoms with E-state index in [1.807, 2.05) is 6.07 Å². The summed E-state index contributed by atoms with van der Waals surface area (Å²) in [5.41, 5.74) is 0.476. The van der Waals surface area contributed by atoms with Gasteiger partial charge in [-0.25, -0.2) is 4.39 Å². The Hall–Kier alpha value is -2.05. The quantitative estimate of drug-likeness (QED) is 0.801. The topological polar surface area (TPSA) is 79.7 Å². The van der Waals surface area contributed by atoms with Gasteiger partial charge in [-0.15, -0.1) is 0 Å². The lowest BCUT2D eigenvalue weighted by Crippen LogP contribution is -2.47. The van der Waals surface area contributed by atoms with Gasteiger partial charge in [0, 0.05) is 11.6 Å². The molecule has 1 atom stereocenters. The van der Waals surface area contributed by atoms with Crippen molar-refractivity contribution in [2.24, 2.45) is 5.92 Å². The first-order valence-electron chi connectivity index (χ1n) is 9.02. The van der Waals surface area contributed by atoms with Crippen molar-refractivity contribution >= 4 is 16.9 Å². The maximum atomic E-state index is 13.7. The molecule has 26 heavy (non-hydrogen) atoms. The highest BCUT2D eigenvalue weighted by molar-refractivity contribution is 5.82. The summed E-state index contributed by atoms with van der Waals surface area (Å²) in [6, 6.07) is 6.44. The van der Waals surface area contributed by atoms with Crippen LogP contribution in [0.5, 0.6) is 0 Å². The Kier molecular flexibility index (Phi) is 5.53. The summed E-state index contributed by atoms with van der Waals surface area (Å²) in [7, 11) is 0. The number of rotatable bonds is 5. The number of aliphatic hydroxyl groups excluding tert-OH is 1. The number of benzene rings is 1. The fraction of sp³-hybridized carbons (Fsp3) is 0.500. The van der Waals surface area contributed by atoms with Crippen LogP contribution in [0.1, 0.15) is 44.1 Å². The molecule has 3 rings (SSSR count). The average molecular weight is 361 g/mol. The van der Waals surface area contributed by atoms with Crippen LogP contribution < -0.4 is 0 Å². The molecule has 2 aromatic rings. The number of hydrogen-bond acceptors (Lipinski definition) is 5. The molecule has 0 spiro atoms. The van der Waals surface area contributed by atoms with Gasteiger partial charge in [0.2, 0.25) is 0 Å². The zero-order valence-electron chi connectivity index (χ0n) is 14.8. The lowest BCUT2D eigenvalue weighted by molar-refractivity contribution is -0.164. The van der Waals surface area contributed by atoms with Crippen molar-refractivity contribution in [2.75, 3.05) is 13.2 Å². The Labute approximate surface area is 151 Å². The molecule has 1 aromatic carbocycles. The van der Waals surface area contributed by atoms with Crippen LogP contribution in [0.25, 0.3) is 10.9 Å². The number of fused-ring (bicyclic) bond motifs is 1. The molecule has 6 heteroatoms. The molecule has 2 N–H and O–H groups in total. The fourth-order valence-electron chi connectivity index (χ4n) is 3.98. The second kappa shape index (κ2) is 7.68. The van der Waals surface area contributed by atoms with Crippen LogP contribution in [0.2, 0.25) is 0 Å². The molecule has 1 saturated carbocycles. The predicted molar refractivity (Wildman–Crippen MR) is 95.1 cm³/mol. The summed E-state index contributed by atoms with van der Waals surface area (Å²) in [6.45, 7) is 1.47. The van der Waals surface area contributed by atoms with Crippen molar-refractivity contribution in [3.05, 3.63) is 41.8 Å². The van der Waals surface area contributed by atoms with Crippen LogP contribution in [0.4, 0.5) is 4.39 Å². The van der Waals surface area contributed by atoms with Gasteiger partial charge in [-0.1, -0.05) is 0 Å². The van der Waals surface area contributed by atoms with E-state index in [2.05, 4.69) is 4.98 Å². The number of aliphatic hydroxyl groups is 2. The number of esters is 1. The molecule has 0 radical (unpaired) electrons. The maximum Gasteiger partial charge on any atom is 0.314 e. The Morgan fingerprint density at radius 2 is 2.12 bits per heavy atom. The number of pyridine rings is 1. The van der Waals surface area contributed by atoms with Gasteiger partial charge in [0.1, 0.15) is 11.7 Å². The number of aromatic nitrogens is 1. The van der Waals surface area contributed by atoms with Crippen molar-refractivity contribution in [3.63, 3.8) is 0 Å². The van der Waals surface area contributed by atoms with Crippen LogP contribution >= 0.6 is 0 Å². The largest absolute Gasteiger partial charge is 0.466 e. The minimum Gasteiger partial charge on any atom is -0.466 e. The Balaban J connectivity index is 1.80. The molecule has 0 saturated heterocycles. The molecule has 1 heterocycles. The first kappa shape index (κ1) is 18.7. The summed E-state index contributed by atoms with van der Waals surface area (Å²) in [4.78, 5) is 16.3. The number of carbonyl (C=O) groups excluding carboxylic acids is 1. The van der Waals surface area contributed by atoms with Crippen LogP contribution in [0.15, 0.2) is 30.5 Å². The van der Waals surface area contributed by atoms with Gasteiger partial charge >= 0.3 is 5.97 Å². The average Bonchev–Trinajstić information content (AvgIpc) is 2.62. The van der Waals surface area contributed by atoms with Crippen molar-refractivity contribution in [3.8, 4) is 0 Å². The van der Waals surface area contributed by atoms with Crippen LogP contribution in [-0.2, 0) is 9.53 Å². The predicted octanol–water partition coefficient (Wildman–Crippen LogP) is 2.93. The van der Waals surface area contributed by atoms with Crippen LogP contribution in [0.3, 0.4) is 0 Å². The molecular weight excluding hydrogens is 337 g/mol. The third-order valence-corrected chi connectivity index (χ3v) is 5.43. The molecule has 1 aromatic heterocycles. The number of halogens is 1. The Bertz CT molecular complexity index is 786. The highest BCUT2D eigenvalue weighted by Crippen LogP contribution is 2.43. The number of ether oxygens (including phenoxy) is 1. The summed E-state index contributed by atoms with van der Waals surface area (Å²) >= 11 is 0. The summed E-state index contributed by atoms with van der Waals surface area (Å²) in [5, 5.41) is 21.3. The van der Waals surface area contributed by atoms with E-state index in [-0.39, 0.29) is 18.3 Å². The normalized spacial score (nSPS) is 24.4. The SMILES string of the molecule is CCOC(=O)C(CO)C1(O)CCC(c2ccnc3ccc(F)cc23)CC1. The number of hydrogen-bond donors (Lipinski definition) is 2. The zero-order valence-corrected chi connectivity index (χ0v) is 14.8. The standard InChI is InChI=1S/C20H24FNO4/c1-2-26-19(24)17(12-23)20(25)8-5-13(6-9-20)15-7-10-22-18-4-3-14(21)11-16(15)18/h3-4,7,10-11,13,17,23,25H,2,5-6,8-9,12H2,1H3. The molecule has 1 aliphatic rings. The van der Waals surface area contributed by atoms with E-state index in [0.717, 1.165) is 16.5 Å². The minimum atomic E-state index is -1.27.